The normalized spacial score (nSPS) is 17.1. The molecule has 1 amide bonds. The molecule has 0 atom stereocenters. The van der Waals surface area contributed by atoms with E-state index in [9.17, 15) is 4.79 Å². The molecule has 18 heavy (non-hydrogen) atoms. The van der Waals surface area contributed by atoms with Gasteiger partial charge in [0.15, 0.2) is 5.76 Å². The number of carbonyl (C=O) groups excluding carboxylic acids is 1. The molecule has 0 radical (unpaired) electrons. The highest BCUT2D eigenvalue weighted by molar-refractivity contribution is 5.91. The molecule has 0 unspecified atom stereocenters. The van der Waals surface area contributed by atoms with Crippen LogP contribution >= 0.6 is 0 Å². The molecule has 1 saturated heterocycles. The molecule has 1 aromatic heterocycles. The van der Waals surface area contributed by atoms with Gasteiger partial charge in [0, 0.05) is 13.1 Å². The first-order valence-electron chi connectivity index (χ1n) is 6.79. The van der Waals surface area contributed by atoms with Gasteiger partial charge in [-0.2, -0.15) is 0 Å². The van der Waals surface area contributed by atoms with E-state index in [0.29, 0.717) is 12.3 Å². The van der Waals surface area contributed by atoms with Gasteiger partial charge in [0.25, 0.3) is 5.91 Å². The second-order valence-electron chi connectivity index (χ2n) is 5.02. The van der Waals surface area contributed by atoms with Crippen molar-refractivity contribution in [2.45, 2.75) is 33.2 Å². The molecule has 1 fully saturated rings. The van der Waals surface area contributed by atoms with Crippen LogP contribution in [0.25, 0.3) is 0 Å². The van der Waals surface area contributed by atoms with Crippen LogP contribution in [0, 0.1) is 5.92 Å². The molecule has 100 valence electrons. The average Bonchev–Trinajstić information content (AvgIpc) is 2.85. The predicted octanol–water partition coefficient (Wildman–Crippen LogP) is 2.26. The van der Waals surface area contributed by atoms with E-state index in [4.69, 9.17) is 4.42 Å². The number of piperidine rings is 1. The lowest BCUT2D eigenvalue weighted by atomic mass is 9.99. The summed E-state index contributed by atoms with van der Waals surface area (Å²) in [5, 5.41) is 3.18. The molecule has 0 aliphatic carbocycles. The van der Waals surface area contributed by atoms with Crippen LogP contribution in [-0.2, 0) is 6.54 Å². The van der Waals surface area contributed by atoms with E-state index >= 15 is 0 Å². The molecule has 2 rings (SSSR count). The summed E-state index contributed by atoms with van der Waals surface area (Å²) < 4.78 is 5.57. The fourth-order valence-corrected chi connectivity index (χ4v) is 2.20. The second kappa shape index (κ2) is 6.05. The molecule has 0 bridgehead atoms. The van der Waals surface area contributed by atoms with E-state index in [1.165, 1.54) is 0 Å². The second-order valence-corrected chi connectivity index (χ2v) is 5.02. The first-order valence-corrected chi connectivity index (χ1v) is 6.79. The first-order chi connectivity index (χ1) is 8.70. The smallest absolute Gasteiger partial charge is 0.289 e. The summed E-state index contributed by atoms with van der Waals surface area (Å²) >= 11 is 0. The summed E-state index contributed by atoms with van der Waals surface area (Å²) in [5.41, 5.74) is 0. The van der Waals surface area contributed by atoms with Gasteiger partial charge in [0.2, 0.25) is 0 Å². The van der Waals surface area contributed by atoms with Crippen molar-refractivity contribution in [1.29, 1.82) is 0 Å². The van der Waals surface area contributed by atoms with Gasteiger partial charge in [-0.25, -0.2) is 0 Å². The van der Waals surface area contributed by atoms with E-state index in [1.807, 2.05) is 17.9 Å². The van der Waals surface area contributed by atoms with Crippen LogP contribution in [0.3, 0.4) is 0 Å². The van der Waals surface area contributed by atoms with Gasteiger partial charge in [0.05, 0.1) is 6.54 Å². The van der Waals surface area contributed by atoms with Crippen molar-refractivity contribution in [2.24, 2.45) is 5.92 Å². The number of nitrogens with zero attached hydrogens (tertiary/aromatic N) is 1. The molecule has 0 aromatic carbocycles. The SMILES string of the molecule is CCNCc1ccc(C(=O)N2CCC(C)CC2)o1. The zero-order valence-electron chi connectivity index (χ0n) is 11.2. The third-order valence-electron chi connectivity index (χ3n) is 3.49. The van der Waals surface area contributed by atoms with Crippen LogP contribution in [-0.4, -0.2) is 30.4 Å². The number of carbonyl (C=O) groups is 1. The fraction of sp³-hybridized carbons (Fsp3) is 0.643. The molecule has 1 N–H and O–H groups in total. The van der Waals surface area contributed by atoms with Crippen molar-refractivity contribution in [3.05, 3.63) is 23.7 Å². The fourth-order valence-electron chi connectivity index (χ4n) is 2.20. The number of amides is 1. The van der Waals surface area contributed by atoms with Gasteiger partial charge in [-0.3, -0.25) is 4.79 Å². The summed E-state index contributed by atoms with van der Waals surface area (Å²) in [6, 6.07) is 3.66. The minimum Gasteiger partial charge on any atom is -0.455 e. The Morgan fingerprint density at radius 1 is 1.44 bits per heavy atom. The lowest BCUT2D eigenvalue weighted by Crippen LogP contribution is -2.37. The molecule has 4 heteroatoms. The van der Waals surface area contributed by atoms with Crippen molar-refractivity contribution in [1.82, 2.24) is 10.2 Å². The molecule has 4 nitrogen and oxygen atoms in total. The number of nitrogens with one attached hydrogen (secondary N) is 1. The van der Waals surface area contributed by atoms with Crippen molar-refractivity contribution in [2.75, 3.05) is 19.6 Å². The number of hydrogen-bond acceptors (Lipinski definition) is 3. The highest BCUT2D eigenvalue weighted by Gasteiger charge is 2.23. The third kappa shape index (κ3) is 3.13. The molecule has 1 aliphatic rings. The van der Waals surface area contributed by atoms with E-state index in [0.717, 1.165) is 44.2 Å². The Kier molecular flexibility index (Phi) is 4.42. The van der Waals surface area contributed by atoms with Gasteiger partial charge in [-0.1, -0.05) is 13.8 Å². The zero-order chi connectivity index (χ0) is 13.0. The van der Waals surface area contributed by atoms with E-state index < -0.39 is 0 Å². The molecule has 2 heterocycles. The minimum absolute atomic E-state index is 0.0321. The van der Waals surface area contributed by atoms with Crippen LogP contribution in [0.2, 0.25) is 0 Å². The van der Waals surface area contributed by atoms with Crippen molar-refractivity contribution < 1.29 is 9.21 Å². The van der Waals surface area contributed by atoms with E-state index in [2.05, 4.69) is 12.2 Å². The van der Waals surface area contributed by atoms with Gasteiger partial charge >= 0.3 is 0 Å². The van der Waals surface area contributed by atoms with Crippen molar-refractivity contribution >= 4 is 5.91 Å². The third-order valence-corrected chi connectivity index (χ3v) is 3.49. The van der Waals surface area contributed by atoms with E-state index in [-0.39, 0.29) is 5.91 Å². The lowest BCUT2D eigenvalue weighted by Gasteiger charge is -2.29. The Balaban J connectivity index is 1.94. The maximum absolute atomic E-state index is 12.2. The maximum Gasteiger partial charge on any atom is 0.289 e. The largest absolute Gasteiger partial charge is 0.455 e. The molecular weight excluding hydrogens is 228 g/mol. The van der Waals surface area contributed by atoms with Crippen LogP contribution < -0.4 is 5.32 Å². The van der Waals surface area contributed by atoms with Crippen LogP contribution in [0.15, 0.2) is 16.5 Å². The zero-order valence-corrected chi connectivity index (χ0v) is 11.2. The molecule has 0 spiro atoms. The highest BCUT2D eigenvalue weighted by Crippen LogP contribution is 2.19. The molecular formula is C14H22N2O2. The summed E-state index contributed by atoms with van der Waals surface area (Å²) in [5.74, 6) is 2.06. The van der Waals surface area contributed by atoms with Crippen LogP contribution in [0.5, 0.6) is 0 Å². The monoisotopic (exact) mass is 250 g/mol. The van der Waals surface area contributed by atoms with Gasteiger partial charge in [-0.15, -0.1) is 0 Å². The molecule has 1 aromatic rings. The maximum atomic E-state index is 12.2. The Hall–Kier alpha value is -1.29. The van der Waals surface area contributed by atoms with E-state index in [1.54, 1.807) is 6.07 Å². The Bertz CT molecular complexity index is 392. The van der Waals surface area contributed by atoms with Crippen LogP contribution in [0.1, 0.15) is 43.0 Å². The lowest BCUT2D eigenvalue weighted by molar-refractivity contribution is 0.0663. The summed E-state index contributed by atoms with van der Waals surface area (Å²) in [6.45, 7) is 7.56. The standard InChI is InChI=1S/C14H22N2O2/c1-3-15-10-12-4-5-13(18-12)14(17)16-8-6-11(2)7-9-16/h4-5,11,15H,3,6-10H2,1-2H3. The first kappa shape index (κ1) is 13.1. The molecule has 1 aliphatic heterocycles. The highest BCUT2D eigenvalue weighted by atomic mass is 16.4. The number of hydrogen-bond donors (Lipinski definition) is 1. The van der Waals surface area contributed by atoms with Gasteiger partial charge < -0.3 is 14.6 Å². The summed E-state index contributed by atoms with van der Waals surface area (Å²) in [7, 11) is 0. The minimum atomic E-state index is 0.0321. The quantitative estimate of drug-likeness (QED) is 0.891. The van der Waals surface area contributed by atoms with Crippen molar-refractivity contribution in [3.63, 3.8) is 0 Å². The Labute approximate surface area is 108 Å². The van der Waals surface area contributed by atoms with Crippen LogP contribution in [0.4, 0.5) is 0 Å². The summed E-state index contributed by atoms with van der Waals surface area (Å²) in [4.78, 5) is 14.1. The topological polar surface area (TPSA) is 45.5 Å². The average molecular weight is 250 g/mol. The van der Waals surface area contributed by atoms with Gasteiger partial charge in [-0.05, 0) is 37.4 Å². The van der Waals surface area contributed by atoms with Gasteiger partial charge in [0.1, 0.15) is 5.76 Å². The number of likely N-dealkylation sites (tertiary alicyclic amines) is 1. The number of furan rings is 1. The summed E-state index contributed by atoms with van der Waals surface area (Å²) in [6.07, 6.45) is 2.19. The Morgan fingerprint density at radius 3 is 2.83 bits per heavy atom. The molecule has 0 saturated carbocycles. The number of rotatable bonds is 4. The van der Waals surface area contributed by atoms with Crippen molar-refractivity contribution in [3.8, 4) is 0 Å². The Morgan fingerprint density at radius 2 is 2.17 bits per heavy atom. The predicted molar refractivity (Wildman–Crippen MR) is 70.4 cm³/mol.